The standard InChI is InChI=1S/C16H21N3O3/c20-15-6-2-1-5-14(18-15)16(21)19-9-7-13(11-19)22-12-4-3-8-17-10-12/h3-4,8,10,13-14H,1-2,5-7,9,11H2,(H,18,20)/t13-,14-/m1/s1. The third-order valence-electron chi connectivity index (χ3n) is 4.17. The highest BCUT2D eigenvalue weighted by Gasteiger charge is 2.33. The van der Waals surface area contributed by atoms with Crippen molar-refractivity contribution in [1.82, 2.24) is 15.2 Å². The number of pyridine rings is 1. The largest absolute Gasteiger partial charge is 0.487 e. The second-order valence-corrected chi connectivity index (χ2v) is 5.87. The number of likely N-dealkylation sites (tertiary alicyclic amines) is 1. The molecular weight excluding hydrogens is 282 g/mol. The molecule has 2 atom stereocenters. The third-order valence-corrected chi connectivity index (χ3v) is 4.17. The zero-order chi connectivity index (χ0) is 15.4. The summed E-state index contributed by atoms with van der Waals surface area (Å²) in [6, 6.07) is 3.32. The van der Waals surface area contributed by atoms with Crippen molar-refractivity contribution in [3.05, 3.63) is 24.5 Å². The first-order chi connectivity index (χ1) is 10.7. The van der Waals surface area contributed by atoms with E-state index in [9.17, 15) is 9.59 Å². The lowest BCUT2D eigenvalue weighted by Crippen LogP contribution is -2.47. The molecule has 0 aliphatic carbocycles. The number of nitrogens with one attached hydrogen (secondary N) is 1. The summed E-state index contributed by atoms with van der Waals surface area (Å²) < 4.78 is 5.85. The molecule has 1 aromatic heterocycles. The molecule has 6 nitrogen and oxygen atoms in total. The van der Waals surface area contributed by atoms with Crippen molar-refractivity contribution in [2.75, 3.05) is 13.1 Å². The van der Waals surface area contributed by atoms with E-state index in [1.165, 1.54) is 0 Å². The maximum absolute atomic E-state index is 12.5. The van der Waals surface area contributed by atoms with Gasteiger partial charge in [-0.05, 0) is 25.0 Å². The van der Waals surface area contributed by atoms with Gasteiger partial charge in [0, 0.05) is 25.6 Å². The summed E-state index contributed by atoms with van der Waals surface area (Å²) in [5.41, 5.74) is 0. The van der Waals surface area contributed by atoms with Crippen LogP contribution in [-0.4, -0.2) is 46.9 Å². The smallest absolute Gasteiger partial charge is 0.245 e. The first kappa shape index (κ1) is 14.8. The second kappa shape index (κ2) is 6.77. The Kier molecular flexibility index (Phi) is 4.56. The third kappa shape index (κ3) is 3.55. The lowest BCUT2D eigenvalue weighted by Gasteiger charge is -2.23. The number of rotatable bonds is 3. The van der Waals surface area contributed by atoms with E-state index in [2.05, 4.69) is 10.3 Å². The molecule has 1 aromatic rings. The van der Waals surface area contributed by atoms with Crippen LogP contribution in [0.4, 0.5) is 0 Å². The number of hydrogen-bond acceptors (Lipinski definition) is 4. The summed E-state index contributed by atoms with van der Waals surface area (Å²) >= 11 is 0. The highest BCUT2D eigenvalue weighted by molar-refractivity contribution is 5.88. The van der Waals surface area contributed by atoms with Gasteiger partial charge in [0.2, 0.25) is 11.8 Å². The van der Waals surface area contributed by atoms with Crippen LogP contribution in [0.5, 0.6) is 5.75 Å². The molecule has 2 aliphatic heterocycles. The van der Waals surface area contributed by atoms with Gasteiger partial charge in [-0.3, -0.25) is 14.6 Å². The zero-order valence-corrected chi connectivity index (χ0v) is 12.5. The maximum atomic E-state index is 12.5. The Balaban J connectivity index is 1.55. The van der Waals surface area contributed by atoms with Crippen LogP contribution in [0.3, 0.4) is 0 Å². The molecule has 2 aliphatic rings. The summed E-state index contributed by atoms with van der Waals surface area (Å²) in [5, 5.41) is 2.84. The van der Waals surface area contributed by atoms with E-state index in [1.54, 1.807) is 17.3 Å². The number of ether oxygens (including phenoxy) is 1. The van der Waals surface area contributed by atoms with Gasteiger partial charge in [0.15, 0.2) is 0 Å². The van der Waals surface area contributed by atoms with Crippen molar-refractivity contribution in [3.8, 4) is 5.75 Å². The number of carbonyl (C=O) groups is 2. The Morgan fingerprint density at radius 3 is 3.09 bits per heavy atom. The number of amides is 2. The lowest BCUT2D eigenvalue weighted by molar-refractivity contribution is -0.135. The highest BCUT2D eigenvalue weighted by atomic mass is 16.5. The molecule has 22 heavy (non-hydrogen) atoms. The van der Waals surface area contributed by atoms with E-state index in [-0.39, 0.29) is 24.0 Å². The van der Waals surface area contributed by atoms with Crippen LogP contribution >= 0.6 is 0 Å². The molecule has 3 rings (SSSR count). The van der Waals surface area contributed by atoms with Crippen molar-refractivity contribution in [2.24, 2.45) is 0 Å². The number of nitrogens with zero attached hydrogens (tertiary/aromatic N) is 2. The fourth-order valence-corrected chi connectivity index (χ4v) is 3.01. The van der Waals surface area contributed by atoms with Crippen LogP contribution in [0.2, 0.25) is 0 Å². The van der Waals surface area contributed by atoms with Crippen LogP contribution in [0, 0.1) is 0 Å². The molecule has 2 fully saturated rings. The maximum Gasteiger partial charge on any atom is 0.245 e. The van der Waals surface area contributed by atoms with E-state index < -0.39 is 0 Å². The molecule has 0 saturated carbocycles. The van der Waals surface area contributed by atoms with Crippen LogP contribution in [0.15, 0.2) is 24.5 Å². The molecular formula is C16H21N3O3. The molecule has 0 spiro atoms. The van der Waals surface area contributed by atoms with Crippen LogP contribution in [0.25, 0.3) is 0 Å². The van der Waals surface area contributed by atoms with E-state index in [1.807, 2.05) is 12.1 Å². The predicted octanol–water partition coefficient (Wildman–Crippen LogP) is 1.12. The van der Waals surface area contributed by atoms with E-state index in [4.69, 9.17) is 4.74 Å². The molecule has 3 heterocycles. The van der Waals surface area contributed by atoms with Gasteiger partial charge in [-0.15, -0.1) is 0 Å². The minimum atomic E-state index is -0.368. The van der Waals surface area contributed by atoms with Crippen molar-refractivity contribution < 1.29 is 14.3 Å². The average molecular weight is 303 g/mol. The van der Waals surface area contributed by atoms with Crippen LogP contribution < -0.4 is 10.1 Å². The Morgan fingerprint density at radius 1 is 1.36 bits per heavy atom. The lowest BCUT2D eigenvalue weighted by atomic mass is 10.1. The number of hydrogen-bond donors (Lipinski definition) is 1. The molecule has 2 amide bonds. The molecule has 6 heteroatoms. The molecule has 0 unspecified atom stereocenters. The van der Waals surface area contributed by atoms with Gasteiger partial charge in [0.25, 0.3) is 0 Å². The Morgan fingerprint density at radius 2 is 2.27 bits per heavy atom. The first-order valence-corrected chi connectivity index (χ1v) is 7.87. The topological polar surface area (TPSA) is 71.5 Å². The summed E-state index contributed by atoms with van der Waals surface area (Å²) in [6.45, 7) is 1.25. The van der Waals surface area contributed by atoms with Gasteiger partial charge in [-0.1, -0.05) is 6.42 Å². The van der Waals surface area contributed by atoms with Gasteiger partial charge >= 0.3 is 0 Å². The van der Waals surface area contributed by atoms with Crippen LogP contribution in [0.1, 0.15) is 32.1 Å². The molecule has 0 bridgehead atoms. The van der Waals surface area contributed by atoms with E-state index >= 15 is 0 Å². The minimum absolute atomic E-state index is 0.00497. The molecule has 118 valence electrons. The van der Waals surface area contributed by atoms with Gasteiger partial charge in [0.05, 0.1) is 12.7 Å². The molecule has 0 radical (unpaired) electrons. The minimum Gasteiger partial charge on any atom is -0.487 e. The van der Waals surface area contributed by atoms with Crippen molar-refractivity contribution in [1.29, 1.82) is 0 Å². The fraction of sp³-hybridized carbons (Fsp3) is 0.562. The Hall–Kier alpha value is -2.11. The SMILES string of the molecule is O=C1CCCC[C@H](C(=O)N2CC[C@@H](Oc3cccnc3)C2)N1. The van der Waals surface area contributed by atoms with E-state index in [0.29, 0.717) is 19.5 Å². The van der Waals surface area contributed by atoms with Gasteiger partial charge in [-0.2, -0.15) is 0 Å². The average Bonchev–Trinajstić information content (AvgIpc) is 2.88. The highest BCUT2D eigenvalue weighted by Crippen LogP contribution is 2.19. The second-order valence-electron chi connectivity index (χ2n) is 5.87. The predicted molar refractivity (Wildman–Crippen MR) is 80.2 cm³/mol. The fourth-order valence-electron chi connectivity index (χ4n) is 3.01. The Bertz CT molecular complexity index is 535. The summed E-state index contributed by atoms with van der Waals surface area (Å²) in [4.78, 5) is 30.0. The zero-order valence-electron chi connectivity index (χ0n) is 12.5. The normalized spacial score (nSPS) is 25.5. The molecule has 1 N–H and O–H groups in total. The number of aromatic nitrogens is 1. The van der Waals surface area contributed by atoms with Crippen molar-refractivity contribution in [2.45, 2.75) is 44.2 Å². The summed E-state index contributed by atoms with van der Waals surface area (Å²) in [6.07, 6.45) is 7.21. The molecule has 2 saturated heterocycles. The Labute approximate surface area is 129 Å². The van der Waals surface area contributed by atoms with Crippen molar-refractivity contribution in [3.63, 3.8) is 0 Å². The molecule has 0 aromatic carbocycles. The first-order valence-electron chi connectivity index (χ1n) is 7.87. The van der Waals surface area contributed by atoms with E-state index in [0.717, 1.165) is 31.4 Å². The summed E-state index contributed by atoms with van der Waals surface area (Å²) in [5.74, 6) is 0.732. The number of carbonyl (C=O) groups excluding carboxylic acids is 2. The monoisotopic (exact) mass is 303 g/mol. The van der Waals surface area contributed by atoms with Crippen molar-refractivity contribution >= 4 is 11.8 Å². The van der Waals surface area contributed by atoms with Gasteiger partial charge in [-0.25, -0.2) is 0 Å². The summed E-state index contributed by atoms with van der Waals surface area (Å²) in [7, 11) is 0. The van der Waals surface area contributed by atoms with Gasteiger partial charge < -0.3 is 15.0 Å². The van der Waals surface area contributed by atoms with Crippen LogP contribution in [-0.2, 0) is 9.59 Å². The quantitative estimate of drug-likeness (QED) is 0.908. The van der Waals surface area contributed by atoms with Gasteiger partial charge in [0.1, 0.15) is 17.9 Å².